The van der Waals surface area contributed by atoms with Crippen LogP contribution in [0.4, 0.5) is 0 Å². The van der Waals surface area contributed by atoms with Crippen molar-refractivity contribution in [3.8, 4) is 11.5 Å². The minimum atomic E-state index is -0.587. The molecule has 0 bridgehead atoms. The van der Waals surface area contributed by atoms with Crippen LogP contribution in [0.5, 0.6) is 11.5 Å². The van der Waals surface area contributed by atoms with Crippen molar-refractivity contribution in [1.82, 2.24) is 0 Å². The van der Waals surface area contributed by atoms with E-state index in [0.29, 0.717) is 18.1 Å². The molecule has 0 radical (unpaired) electrons. The molecule has 4 rings (SSSR count). The zero-order valence-corrected chi connectivity index (χ0v) is 15.9. The third-order valence-corrected chi connectivity index (χ3v) is 5.47. The van der Waals surface area contributed by atoms with Crippen LogP contribution in [0.3, 0.4) is 0 Å². The Balaban J connectivity index is 1.68. The molecule has 0 saturated heterocycles. The molecule has 3 heteroatoms. The summed E-state index contributed by atoms with van der Waals surface area (Å²) in [7, 11) is 1.65. The first-order valence-corrected chi connectivity index (χ1v) is 9.49. The molecule has 0 aromatic heterocycles. The summed E-state index contributed by atoms with van der Waals surface area (Å²) in [5, 5.41) is 10.9. The fourth-order valence-electron chi connectivity index (χ4n) is 3.95. The van der Waals surface area contributed by atoms with Gasteiger partial charge in [-0.15, -0.1) is 0 Å². The molecule has 0 saturated carbocycles. The maximum atomic E-state index is 10.9. The first kappa shape index (κ1) is 18.3. The Labute approximate surface area is 165 Å². The van der Waals surface area contributed by atoms with E-state index in [4.69, 9.17) is 9.47 Å². The number of aliphatic hydroxyl groups excluding tert-OH is 1. The highest BCUT2D eigenvalue weighted by Gasteiger charge is 2.42. The minimum absolute atomic E-state index is 0.477. The standard InChI is InChI=1S/C25H24O3/c1-27-23-17-21(14-15-22(23)28-18-19-9-4-2-5-10-19)25(16-8-13-24(25)26)20-11-6-3-7-12-20/h2-15,17,24,26H,16,18H2,1H3/t24-,25-/m0/s1. The second-order valence-corrected chi connectivity index (χ2v) is 7.05. The van der Waals surface area contributed by atoms with Crippen LogP contribution in [0.15, 0.2) is 91.0 Å². The van der Waals surface area contributed by atoms with Crippen LogP contribution in [0.2, 0.25) is 0 Å². The fourth-order valence-corrected chi connectivity index (χ4v) is 3.95. The predicted molar refractivity (Wildman–Crippen MR) is 111 cm³/mol. The Morgan fingerprint density at radius 2 is 1.61 bits per heavy atom. The molecule has 0 aliphatic heterocycles. The Kier molecular flexibility index (Phi) is 5.18. The lowest BCUT2D eigenvalue weighted by Crippen LogP contribution is -2.36. The van der Waals surface area contributed by atoms with Crippen molar-refractivity contribution in [2.75, 3.05) is 7.11 Å². The highest BCUT2D eigenvalue weighted by molar-refractivity contribution is 5.52. The maximum Gasteiger partial charge on any atom is 0.161 e. The van der Waals surface area contributed by atoms with Crippen LogP contribution in [0, 0.1) is 0 Å². The van der Waals surface area contributed by atoms with Gasteiger partial charge in [-0.3, -0.25) is 0 Å². The van der Waals surface area contributed by atoms with Crippen LogP contribution < -0.4 is 9.47 Å². The lowest BCUT2D eigenvalue weighted by Gasteiger charge is -2.34. The molecular weight excluding hydrogens is 348 g/mol. The number of methoxy groups -OCH3 is 1. The first-order chi connectivity index (χ1) is 13.7. The third-order valence-electron chi connectivity index (χ3n) is 5.47. The Hall–Kier alpha value is -3.04. The van der Waals surface area contributed by atoms with Gasteiger partial charge in [-0.25, -0.2) is 0 Å². The zero-order chi connectivity index (χ0) is 19.4. The number of hydrogen-bond acceptors (Lipinski definition) is 3. The summed E-state index contributed by atoms with van der Waals surface area (Å²) in [5.41, 5.74) is 2.70. The molecule has 0 spiro atoms. The van der Waals surface area contributed by atoms with Crippen molar-refractivity contribution < 1.29 is 14.6 Å². The second-order valence-electron chi connectivity index (χ2n) is 7.05. The summed E-state index contributed by atoms with van der Waals surface area (Å²) in [6.45, 7) is 0.477. The molecule has 28 heavy (non-hydrogen) atoms. The summed E-state index contributed by atoms with van der Waals surface area (Å²) in [6.07, 6.45) is 4.07. The lowest BCUT2D eigenvalue weighted by molar-refractivity contribution is 0.158. The van der Waals surface area contributed by atoms with Gasteiger partial charge in [-0.1, -0.05) is 78.9 Å². The van der Waals surface area contributed by atoms with Crippen LogP contribution >= 0.6 is 0 Å². The van der Waals surface area contributed by atoms with E-state index in [-0.39, 0.29) is 0 Å². The average Bonchev–Trinajstić information content (AvgIpc) is 3.15. The van der Waals surface area contributed by atoms with Gasteiger partial charge >= 0.3 is 0 Å². The first-order valence-electron chi connectivity index (χ1n) is 9.49. The summed E-state index contributed by atoms with van der Waals surface area (Å²) < 4.78 is 11.6. The summed E-state index contributed by atoms with van der Waals surface area (Å²) in [6, 6.07) is 26.2. The quantitative estimate of drug-likeness (QED) is 0.627. The van der Waals surface area contributed by atoms with Gasteiger partial charge in [0.15, 0.2) is 11.5 Å². The van der Waals surface area contributed by atoms with E-state index in [2.05, 4.69) is 12.1 Å². The summed E-state index contributed by atoms with van der Waals surface area (Å²) in [4.78, 5) is 0. The van der Waals surface area contributed by atoms with Gasteiger partial charge in [0, 0.05) is 0 Å². The van der Waals surface area contributed by atoms with Crippen LogP contribution in [-0.2, 0) is 12.0 Å². The van der Waals surface area contributed by atoms with Crippen molar-refractivity contribution in [3.63, 3.8) is 0 Å². The molecule has 3 aromatic carbocycles. The Morgan fingerprint density at radius 1 is 0.893 bits per heavy atom. The molecule has 0 fully saturated rings. The van der Waals surface area contributed by atoms with E-state index >= 15 is 0 Å². The van der Waals surface area contributed by atoms with Crippen molar-refractivity contribution in [1.29, 1.82) is 0 Å². The smallest absolute Gasteiger partial charge is 0.161 e. The van der Waals surface area contributed by atoms with E-state index < -0.39 is 11.5 Å². The SMILES string of the molecule is COc1cc([C@@]2(c3ccccc3)CC=C[C@@H]2O)ccc1OCc1ccccc1. The Bertz CT molecular complexity index is 950. The van der Waals surface area contributed by atoms with E-state index in [1.54, 1.807) is 7.11 Å². The topological polar surface area (TPSA) is 38.7 Å². The van der Waals surface area contributed by atoms with Crippen molar-refractivity contribution in [2.45, 2.75) is 24.5 Å². The van der Waals surface area contributed by atoms with Crippen molar-refractivity contribution in [3.05, 3.63) is 108 Å². The molecule has 1 aliphatic carbocycles. The maximum absolute atomic E-state index is 10.9. The monoisotopic (exact) mass is 372 g/mol. The average molecular weight is 372 g/mol. The lowest BCUT2D eigenvalue weighted by atomic mass is 9.71. The zero-order valence-electron chi connectivity index (χ0n) is 15.9. The summed E-state index contributed by atoms with van der Waals surface area (Å²) in [5.74, 6) is 1.36. The highest BCUT2D eigenvalue weighted by atomic mass is 16.5. The number of rotatable bonds is 6. The molecule has 3 aromatic rings. The normalized spacial score (nSPS) is 20.9. The molecule has 0 heterocycles. The molecule has 1 N–H and O–H groups in total. The molecule has 142 valence electrons. The van der Waals surface area contributed by atoms with E-state index in [0.717, 1.165) is 23.1 Å². The molecule has 0 unspecified atom stereocenters. The molecule has 3 nitrogen and oxygen atoms in total. The van der Waals surface area contributed by atoms with Crippen LogP contribution in [0.25, 0.3) is 0 Å². The third kappa shape index (κ3) is 3.30. The number of aliphatic hydroxyl groups is 1. The Morgan fingerprint density at radius 3 is 2.25 bits per heavy atom. The molecule has 0 amide bonds. The van der Waals surface area contributed by atoms with Crippen LogP contribution in [-0.4, -0.2) is 18.3 Å². The number of ether oxygens (including phenoxy) is 2. The summed E-state index contributed by atoms with van der Waals surface area (Å²) >= 11 is 0. The van der Waals surface area contributed by atoms with Crippen molar-refractivity contribution in [2.24, 2.45) is 0 Å². The largest absolute Gasteiger partial charge is 0.493 e. The second kappa shape index (κ2) is 7.91. The fraction of sp³-hybridized carbons (Fsp3) is 0.200. The van der Waals surface area contributed by atoms with Crippen LogP contribution in [0.1, 0.15) is 23.1 Å². The predicted octanol–water partition coefficient (Wildman–Crippen LogP) is 4.88. The van der Waals surface area contributed by atoms with Gasteiger partial charge in [-0.2, -0.15) is 0 Å². The number of benzene rings is 3. The molecule has 2 atom stereocenters. The van der Waals surface area contributed by atoms with Gasteiger partial charge < -0.3 is 14.6 Å². The van der Waals surface area contributed by atoms with Gasteiger partial charge in [-0.05, 0) is 35.2 Å². The molecule has 1 aliphatic rings. The van der Waals surface area contributed by atoms with E-state index in [1.165, 1.54) is 0 Å². The van der Waals surface area contributed by atoms with Gasteiger partial charge in [0.05, 0.1) is 18.6 Å². The minimum Gasteiger partial charge on any atom is -0.493 e. The van der Waals surface area contributed by atoms with Crippen molar-refractivity contribution >= 4 is 0 Å². The molecular formula is C25H24O3. The highest BCUT2D eigenvalue weighted by Crippen LogP contribution is 2.45. The number of hydrogen-bond donors (Lipinski definition) is 1. The van der Waals surface area contributed by atoms with E-state index in [9.17, 15) is 5.11 Å². The van der Waals surface area contributed by atoms with Gasteiger partial charge in [0.25, 0.3) is 0 Å². The van der Waals surface area contributed by atoms with Gasteiger partial charge in [0.1, 0.15) is 6.61 Å². The number of allylic oxidation sites excluding steroid dienone is 1. The van der Waals surface area contributed by atoms with E-state index in [1.807, 2.05) is 78.9 Å². The van der Waals surface area contributed by atoms with Gasteiger partial charge in [0.2, 0.25) is 0 Å².